The summed E-state index contributed by atoms with van der Waals surface area (Å²) < 4.78 is 7.28. The number of nitrogens with one attached hydrogen (secondary N) is 1. The molecule has 0 radical (unpaired) electrons. The van der Waals surface area contributed by atoms with E-state index in [0.29, 0.717) is 19.1 Å². The summed E-state index contributed by atoms with van der Waals surface area (Å²) in [6, 6.07) is 8.75. The molecule has 1 aromatic carbocycles. The molecule has 162 valence electrons. The zero-order chi connectivity index (χ0) is 20.9. The Hall–Kier alpha value is -2.61. The van der Waals surface area contributed by atoms with Gasteiger partial charge >= 0.3 is 0 Å². The van der Waals surface area contributed by atoms with E-state index in [1.807, 2.05) is 30.7 Å². The zero-order valence-electron chi connectivity index (χ0n) is 18.3. The second-order valence-electron chi connectivity index (χ2n) is 8.20. The molecular formula is C22H33N7O. The smallest absolute Gasteiger partial charge is 0.194 e. The Kier molecular flexibility index (Phi) is 6.52. The van der Waals surface area contributed by atoms with Crippen LogP contribution in [0.2, 0.25) is 0 Å². The van der Waals surface area contributed by atoms with Crippen LogP contribution in [0, 0.1) is 6.92 Å². The minimum Gasteiger partial charge on any atom is -0.497 e. The lowest BCUT2D eigenvalue weighted by Crippen LogP contribution is -2.42. The first-order valence-corrected chi connectivity index (χ1v) is 10.9. The van der Waals surface area contributed by atoms with Crippen molar-refractivity contribution in [2.24, 2.45) is 12.0 Å². The van der Waals surface area contributed by atoms with Crippen molar-refractivity contribution >= 4 is 5.96 Å². The third-order valence-corrected chi connectivity index (χ3v) is 6.28. The topological polar surface area (TPSA) is 70.8 Å². The number of likely N-dealkylation sites (tertiary alicyclic amines) is 2. The molecule has 2 aromatic rings. The van der Waals surface area contributed by atoms with Crippen LogP contribution in [0.25, 0.3) is 0 Å². The number of methoxy groups -OCH3 is 1. The zero-order valence-corrected chi connectivity index (χ0v) is 18.3. The van der Waals surface area contributed by atoms with Gasteiger partial charge in [-0.3, -0.25) is 4.90 Å². The average molecular weight is 412 g/mol. The standard InChI is InChI=1S/C22H33N7O/c1-17-25-26-21(27(17)2)15-24-22(23-14-18-6-8-20(30-3)9-7-18)29-13-10-19(16-29)28-11-4-5-12-28/h6-9,19H,4-5,10-16H2,1-3H3,(H,23,24). The Bertz CT molecular complexity index is 855. The monoisotopic (exact) mass is 411 g/mol. The van der Waals surface area contributed by atoms with Crippen molar-refractivity contribution < 1.29 is 4.74 Å². The van der Waals surface area contributed by atoms with E-state index >= 15 is 0 Å². The fraction of sp³-hybridized carbons (Fsp3) is 0.591. The molecular weight excluding hydrogens is 378 g/mol. The number of hydrogen-bond acceptors (Lipinski definition) is 5. The molecule has 4 rings (SSSR count). The maximum Gasteiger partial charge on any atom is 0.194 e. The van der Waals surface area contributed by atoms with E-state index in [1.54, 1.807) is 7.11 Å². The highest BCUT2D eigenvalue weighted by Gasteiger charge is 2.30. The summed E-state index contributed by atoms with van der Waals surface area (Å²) in [7, 11) is 3.69. The Labute approximate surface area is 178 Å². The molecule has 0 aliphatic carbocycles. The molecule has 1 unspecified atom stereocenters. The SMILES string of the molecule is COc1ccc(CN=C(NCc2nnc(C)n2C)N2CCC(N3CCCC3)C2)cc1. The van der Waals surface area contributed by atoms with Crippen LogP contribution in [0.15, 0.2) is 29.3 Å². The molecule has 2 aliphatic rings. The van der Waals surface area contributed by atoms with Crippen LogP contribution in [-0.4, -0.2) is 69.9 Å². The van der Waals surface area contributed by atoms with Crippen molar-refractivity contribution in [2.45, 2.75) is 45.3 Å². The van der Waals surface area contributed by atoms with E-state index in [1.165, 1.54) is 37.9 Å². The van der Waals surface area contributed by atoms with Gasteiger partial charge in [-0.05, 0) is 57.0 Å². The number of benzene rings is 1. The van der Waals surface area contributed by atoms with Crippen LogP contribution in [0.1, 0.15) is 36.5 Å². The van der Waals surface area contributed by atoms with Gasteiger partial charge in [0.15, 0.2) is 11.8 Å². The maximum atomic E-state index is 5.26. The highest BCUT2D eigenvalue weighted by Crippen LogP contribution is 2.21. The van der Waals surface area contributed by atoms with Crippen molar-refractivity contribution in [2.75, 3.05) is 33.3 Å². The van der Waals surface area contributed by atoms with Gasteiger partial charge in [-0.1, -0.05) is 12.1 Å². The van der Waals surface area contributed by atoms with Crippen molar-refractivity contribution in [3.63, 3.8) is 0 Å². The lowest BCUT2D eigenvalue weighted by atomic mass is 10.2. The van der Waals surface area contributed by atoms with E-state index in [9.17, 15) is 0 Å². The molecule has 8 nitrogen and oxygen atoms in total. The number of aryl methyl sites for hydroxylation is 1. The van der Waals surface area contributed by atoms with E-state index in [2.05, 4.69) is 37.4 Å². The lowest BCUT2D eigenvalue weighted by molar-refractivity contribution is 0.249. The predicted octanol–water partition coefficient (Wildman–Crippen LogP) is 1.95. The molecule has 1 atom stereocenters. The number of guanidine groups is 1. The van der Waals surface area contributed by atoms with Gasteiger partial charge < -0.3 is 19.5 Å². The highest BCUT2D eigenvalue weighted by atomic mass is 16.5. The highest BCUT2D eigenvalue weighted by molar-refractivity contribution is 5.80. The van der Waals surface area contributed by atoms with Crippen molar-refractivity contribution in [3.8, 4) is 5.75 Å². The van der Waals surface area contributed by atoms with E-state index < -0.39 is 0 Å². The van der Waals surface area contributed by atoms with Gasteiger partial charge in [0.25, 0.3) is 0 Å². The summed E-state index contributed by atoms with van der Waals surface area (Å²) in [5.41, 5.74) is 1.17. The Morgan fingerprint density at radius 3 is 2.60 bits per heavy atom. The molecule has 0 bridgehead atoms. The molecule has 2 aliphatic heterocycles. The molecule has 8 heteroatoms. The minimum atomic E-state index is 0.615. The largest absolute Gasteiger partial charge is 0.497 e. The minimum absolute atomic E-state index is 0.615. The van der Waals surface area contributed by atoms with Crippen molar-refractivity contribution in [1.29, 1.82) is 0 Å². The summed E-state index contributed by atoms with van der Waals surface area (Å²) in [5, 5.41) is 12.0. The van der Waals surface area contributed by atoms with Gasteiger partial charge in [0.2, 0.25) is 0 Å². The summed E-state index contributed by atoms with van der Waals surface area (Å²) in [5.74, 6) is 3.65. The molecule has 1 N–H and O–H groups in total. The maximum absolute atomic E-state index is 5.26. The number of hydrogen-bond donors (Lipinski definition) is 1. The molecule has 3 heterocycles. The van der Waals surface area contributed by atoms with Crippen LogP contribution in [-0.2, 0) is 20.1 Å². The van der Waals surface area contributed by atoms with Gasteiger partial charge in [0, 0.05) is 26.2 Å². The normalized spacial score (nSPS) is 20.2. The predicted molar refractivity (Wildman–Crippen MR) is 117 cm³/mol. The van der Waals surface area contributed by atoms with Crippen molar-refractivity contribution in [3.05, 3.63) is 41.5 Å². The van der Waals surface area contributed by atoms with Gasteiger partial charge in [-0.2, -0.15) is 0 Å². The van der Waals surface area contributed by atoms with Crippen molar-refractivity contribution in [1.82, 2.24) is 29.9 Å². The van der Waals surface area contributed by atoms with E-state index in [-0.39, 0.29) is 0 Å². The van der Waals surface area contributed by atoms with E-state index in [0.717, 1.165) is 36.4 Å². The van der Waals surface area contributed by atoms with Gasteiger partial charge in [0.05, 0.1) is 20.2 Å². The Balaban J connectivity index is 1.45. The fourth-order valence-electron chi connectivity index (χ4n) is 4.27. The first-order valence-electron chi connectivity index (χ1n) is 10.9. The average Bonchev–Trinajstić information content (AvgIpc) is 3.52. The molecule has 2 saturated heterocycles. The van der Waals surface area contributed by atoms with Crippen LogP contribution >= 0.6 is 0 Å². The molecule has 0 amide bonds. The Morgan fingerprint density at radius 2 is 1.93 bits per heavy atom. The summed E-state index contributed by atoms with van der Waals surface area (Å²) in [4.78, 5) is 10.0. The van der Waals surface area contributed by atoms with Crippen LogP contribution in [0.3, 0.4) is 0 Å². The van der Waals surface area contributed by atoms with E-state index in [4.69, 9.17) is 9.73 Å². The summed E-state index contributed by atoms with van der Waals surface area (Å²) in [6.07, 6.45) is 3.86. The molecule has 1 aromatic heterocycles. The summed E-state index contributed by atoms with van der Waals surface area (Å²) in [6.45, 7) is 7.76. The molecule has 0 spiro atoms. The quantitative estimate of drug-likeness (QED) is 0.579. The number of aromatic nitrogens is 3. The lowest BCUT2D eigenvalue weighted by Gasteiger charge is -2.25. The second-order valence-corrected chi connectivity index (χ2v) is 8.20. The molecule has 0 saturated carbocycles. The molecule has 2 fully saturated rings. The second kappa shape index (κ2) is 9.47. The van der Waals surface area contributed by atoms with Crippen LogP contribution in [0.5, 0.6) is 5.75 Å². The third-order valence-electron chi connectivity index (χ3n) is 6.28. The van der Waals surface area contributed by atoms with Crippen LogP contribution in [0.4, 0.5) is 0 Å². The Morgan fingerprint density at radius 1 is 1.17 bits per heavy atom. The summed E-state index contributed by atoms with van der Waals surface area (Å²) >= 11 is 0. The number of ether oxygens (including phenoxy) is 1. The number of aliphatic imine (C=N–C) groups is 1. The first kappa shape index (κ1) is 20.7. The number of nitrogens with zero attached hydrogens (tertiary/aromatic N) is 6. The number of rotatable bonds is 6. The van der Waals surface area contributed by atoms with Gasteiger partial charge in [-0.15, -0.1) is 10.2 Å². The third kappa shape index (κ3) is 4.75. The van der Waals surface area contributed by atoms with Gasteiger partial charge in [-0.25, -0.2) is 4.99 Å². The first-order chi connectivity index (χ1) is 14.6. The van der Waals surface area contributed by atoms with Crippen LogP contribution < -0.4 is 10.1 Å². The van der Waals surface area contributed by atoms with Gasteiger partial charge in [0.1, 0.15) is 11.6 Å². The molecule has 30 heavy (non-hydrogen) atoms. The fourth-order valence-corrected chi connectivity index (χ4v) is 4.27.